The van der Waals surface area contributed by atoms with Crippen molar-refractivity contribution < 1.29 is 24.2 Å². The van der Waals surface area contributed by atoms with Gasteiger partial charge in [-0.3, -0.25) is 14.4 Å². The maximum Gasteiger partial charge on any atom is 0.248 e. The smallest absolute Gasteiger partial charge is 0.248 e. The van der Waals surface area contributed by atoms with E-state index in [4.69, 9.17) is 4.74 Å². The van der Waals surface area contributed by atoms with E-state index < -0.39 is 35.6 Å². The normalized spacial score (nSPS) is 29.7. The number of likely N-dealkylation sites (N-methyl/N-ethyl adjacent to an activating group) is 1. The third-order valence-corrected chi connectivity index (χ3v) is 9.26. The number of hydrogen-bond acceptors (Lipinski definition) is 5. The summed E-state index contributed by atoms with van der Waals surface area (Å²) in [6, 6.07) is 7.50. The van der Waals surface area contributed by atoms with Gasteiger partial charge in [0.2, 0.25) is 17.7 Å². The summed E-state index contributed by atoms with van der Waals surface area (Å²) in [6.45, 7) is 10.5. The lowest BCUT2D eigenvalue weighted by Crippen LogP contribution is -2.57. The number of benzene rings is 1. The number of aliphatic hydroxyl groups is 1. The maximum atomic E-state index is 14.5. The molecule has 0 aliphatic carbocycles. The van der Waals surface area contributed by atoms with E-state index in [-0.39, 0.29) is 29.2 Å². The van der Waals surface area contributed by atoms with Gasteiger partial charge in [0.15, 0.2) is 0 Å². The highest BCUT2D eigenvalue weighted by molar-refractivity contribution is 9.09. The molecule has 1 aromatic carbocycles. The second-order valence-electron chi connectivity index (χ2n) is 10.8. The highest BCUT2D eigenvalue weighted by Crippen LogP contribution is 2.61. The number of hydrogen-bond donors (Lipinski definition) is 1. The molecule has 0 saturated carbocycles. The summed E-state index contributed by atoms with van der Waals surface area (Å²) in [5.74, 6) is -2.34. The van der Waals surface area contributed by atoms with Crippen LogP contribution in [-0.4, -0.2) is 93.4 Å². The number of nitrogens with zero attached hydrogens (tertiary/aromatic N) is 3. The molecule has 1 aromatic rings. The zero-order chi connectivity index (χ0) is 28.3. The molecular formula is C30H40BrN3O5. The summed E-state index contributed by atoms with van der Waals surface area (Å²) >= 11 is 3.72. The van der Waals surface area contributed by atoms with Crippen molar-refractivity contribution in [3.8, 4) is 0 Å². The molecule has 4 rings (SSSR count). The van der Waals surface area contributed by atoms with Gasteiger partial charge in [0.1, 0.15) is 11.6 Å². The highest BCUT2D eigenvalue weighted by atomic mass is 79.9. The molecule has 3 aliphatic heterocycles. The minimum atomic E-state index is -1.19. The summed E-state index contributed by atoms with van der Waals surface area (Å²) in [6.07, 6.45) is 6.02. The second kappa shape index (κ2) is 12.4. The van der Waals surface area contributed by atoms with Crippen molar-refractivity contribution in [2.75, 3.05) is 33.3 Å². The highest BCUT2D eigenvalue weighted by Gasteiger charge is 2.77. The van der Waals surface area contributed by atoms with E-state index in [2.05, 4.69) is 36.0 Å². The molecule has 39 heavy (non-hydrogen) atoms. The van der Waals surface area contributed by atoms with E-state index in [1.165, 1.54) is 4.90 Å². The van der Waals surface area contributed by atoms with Crippen LogP contribution in [-0.2, 0) is 19.1 Å². The lowest BCUT2D eigenvalue weighted by atomic mass is 9.70. The number of alkyl halides is 1. The molecule has 212 valence electrons. The Bertz CT molecular complexity index is 1080. The molecular weight excluding hydrogens is 562 g/mol. The number of carbonyl (C=O) groups is 3. The first kappa shape index (κ1) is 29.5. The number of aliphatic hydroxyl groups excluding tert-OH is 1. The van der Waals surface area contributed by atoms with Crippen LogP contribution < -0.4 is 0 Å². The van der Waals surface area contributed by atoms with Gasteiger partial charge in [-0.2, -0.15) is 0 Å². The lowest BCUT2D eigenvalue weighted by Gasteiger charge is -2.39. The van der Waals surface area contributed by atoms with Crippen molar-refractivity contribution in [2.45, 2.75) is 61.2 Å². The van der Waals surface area contributed by atoms with Crippen LogP contribution in [0, 0.1) is 11.8 Å². The molecule has 3 saturated heterocycles. The van der Waals surface area contributed by atoms with Gasteiger partial charge < -0.3 is 24.5 Å². The summed E-state index contributed by atoms with van der Waals surface area (Å²) in [4.78, 5) is 47.2. The van der Waals surface area contributed by atoms with E-state index in [1.54, 1.807) is 29.0 Å². The van der Waals surface area contributed by atoms with E-state index in [0.717, 1.165) is 24.8 Å². The van der Waals surface area contributed by atoms with Gasteiger partial charge in [0.05, 0.1) is 30.6 Å². The van der Waals surface area contributed by atoms with E-state index in [0.29, 0.717) is 26.1 Å². The lowest BCUT2D eigenvalue weighted by molar-refractivity contribution is -0.151. The molecule has 3 amide bonds. The molecule has 1 N–H and O–H groups in total. The van der Waals surface area contributed by atoms with Crippen LogP contribution in [0.3, 0.4) is 0 Å². The van der Waals surface area contributed by atoms with Crippen molar-refractivity contribution in [1.82, 2.24) is 14.7 Å². The molecule has 9 heteroatoms. The minimum absolute atomic E-state index is 0.194. The van der Waals surface area contributed by atoms with Crippen LogP contribution in [0.15, 0.2) is 55.6 Å². The fourth-order valence-electron chi connectivity index (χ4n) is 6.71. The Kier molecular flexibility index (Phi) is 9.34. The zero-order valence-electron chi connectivity index (χ0n) is 22.9. The van der Waals surface area contributed by atoms with Crippen LogP contribution in [0.5, 0.6) is 0 Å². The number of rotatable bonds is 13. The van der Waals surface area contributed by atoms with Gasteiger partial charge >= 0.3 is 0 Å². The van der Waals surface area contributed by atoms with Crippen LogP contribution in [0.25, 0.3) is 0 Å². The number of likely N-dealkylation sites (tertiary alicyclic amines) is 1. The molecule has 3 fully saturated rings. The van der Waals surface area contributed by atoms with E-state index >= 15 is 0 Å². The van der Waals surface area contributed by atoms with Crippen molar-refractivity contribution in [1.29, 1.82) is 0 Å². The van der Waals surface area contributed by atoms with Gasteiger partial charge in [0.25, 0.3) is 0 Å². The number of ether oxygens (including phenoxy) is 1. The molecule has 3 unspecified atom stereocenters. The van der Waals surface area contributed by atoms with Gasteiger partial charge in [-0.25, -0.2) is 0 Å². The third kappa shape index (κ3) is 5.09. The minimum Gasteiger partial charge on any atom is -0.394 e. The van der Waals surface area contributed by atoms with Gasteiger partial charge in [-0.15, -0.1) is 13.2 Å². The van der Waals surface area contributed by atoms with Gasteiger partial charge in [-0.05, 0) is 18.4 Å². The Morgan fingerprint density at radius 3 is 2.51 bits per heavy atom. The number of unbranched alkanes of at least 4 members (excludes halogenated alkanes) is 2. The Hall–Kier alpha value is -2.49. The second-order valence-corrected chi connectivity index (χ2v) is 12.0. The topological polar surface area (TPSA) is 90.4 Å². The van der Waals surface area contributed by atoms with Gasteiger partial charge in [0, 0.05) is 31.5 Å². The van der Waals surface area contributed by atoms with Crippen molar-refractivity contribution >= 4 is 33.7 Å². The largest absolute Gasteiger partial charge is 0.394 e. The van der Waals surface area contributed by atoms with Crippen LogP contribution in [0.4, 0.5) is 0 Å². The fraction of sp³-hybridized carbons (Fsp3) is 0.567. The molecule has 3 heterocycles. The quantitative estimate of drug-likeness (QED) is 0.213. The molecule has 2 bridgehead atoms. The first-order chi connectivity index (χ1) is 18.8. The van der Waals surface area contributed by atoms with Crippen LogP contribution in [0.1, 0.15) is 44.2 Å². The Balaban J connectivity index is 1.82. The average molecular weight is 603 g/mol. The molecule has 8 nitrogen and oxygen atoms in total. The average Bonchev–Trinajstić information content (AvgIpc) is 3.52. The Labute approximate surface area is 239 Å². The van der Waals surface area contributed by atoms with Crippen molar-refractivity contribution in [2.24, 2.45) is 11.8 Å². The number of halogens is 1. The Morgan fingerprint density at radius 2 is 1.90 bits per heavy atom. The van der Waals surface area contributed by atoms with Gasteiger partial charge in [-0.1, -0.05) is 78.2 Å². The standard InChI is InChI=1S/C30H40BrN3O5/c1-5-8-12-17-33(16-7-3)29(38)26-30-18-21(31)25(39-30)23(27(36)32(4)15-6-2)24(30)28(37)34(26)22(19-35)20-13-10-9-11-14-20/h6-7,9-11,13-14,21-26,35H,2-3,5,8,12,15-19H2,1,4H3/t21?,22-,23+,24+,25+,26?,30?/m1/s1. The SMILES string of the molecule is C=CCN(C)C(=O)[C@H]1[C@H]2C(=O)N([C@H](CO)c3ccccc3)C(C(=O)N(CC=C)CCCCC)C23CC(Br)[C@@H]1O3. The molecule has 7 atom stereocenters. The number of fused-ring (bicyclic) bond motifs is 1. The fourth-order valence-corrected chi connectivity index (χ4v) is 7.65. The van der Waals surface area contributed by atoms with E-state index in [1.807, 2.05) is 30.3 Å². The first-order valence-corrected chi connectivity index (χ1v) is 14.7. The molecule has 1 spiro atoms. The zero-order valence-corrected chi connectivity index (χ0v) is 24.5. The number of carbonyl (C=O) groups excluding carboxylic acids is 3. The number of amides is 3. The van der Waals surface area contributed by atoms with Crippen LogP contribution in [0.2, 0.25) is 0 Å². The summed E-state index contributed by atoms with van der Waals surface area (Å²) in [5, 5.41) is 10.6. The first-order valence-electron chi connectivity index (χ1n) is 13.8. The van der Waals surface area contributed by atoms with Crippen molar-refractivity contribution in [3.63, 3.8) is 0 Å². The van der Waals surface area contributed by atoms with E-state index in [9.17, 15) is 19.5 Å². The molecule has 0 radical (unpaired) electrons. The maximum absolute atomic E-state index is 14.5. The van der Waals surface area contributed by atoms with Crippen molar-refractivity contribution in [3.05, 3.63) is 61.2 Å². The molecule has 3 aliphatic rings. The predicted molar refractivity (Wildman–Crippen MR) is 153 cm³/mol. The summed E-state index contributed by atoms with van der Waals surface area (Å²) in [5.41, 5.74) is -0.463. The van der Waals surface area contributed by atoms with Crippen LogP contribution >= 0.6 is 15.9 Å². The Morgan fingerprint density at radius 1 is 1.21 bits per heavy atom. The summed E-state index contributed by atoms with van der Waals surface area (Å²) < 4.78 is 6.64. The monoisotopic (exact) mass is 601 g/mol. The molecule has 0 aromatic heterocycles. The predicted octanol–water partition coefficient (Wildman–Crippen LogP) is 3.32. The third-order valence-electron chi connectivity index (χ3n) is 8.41. The summed E-state index contributed by atoms with van der Waals surface area (Å²) in [7, 11) is 1.69.